The molecule has 2 fully saturated rings. The number of epoxide rings is 1. The van der Waals surface area contributed by atoms with Gasteiger partial charge in [-0.05, 0) is 31.3 Å². The molecule has 2 saturated heterocycles. The number of nitrogens with zero attached hydrogens (tertiary/aromatic N) is 3. The summed E-state index contributed by atoms with van der Waals surface area (Å²) in [6, 6.07) is 0. The molecule has 4 rings (SSSR count). The van der Waals surface area contributed by atoms with Crippen molar-refractivity contribution in [3.8, 4) is 0 Å². The molecule has 1 aliphatic carbocycles. The predicted molar refractivity (Wildman–Crippen MR) is 86.0 cm³/mol. The first-order chi connectivity index (χ1) is 11.1. The molecule has 0 aromatic carbocycles. The lowest BCUT2D eigenvalue weighted by Gasteiger charge is -2.44. The van der Waals surface area contributed by atoms with Crippen LogP contribution in [0.1, 0.15) is 25.7 Å². The van der Waals surface area contributed by atoms with Crippen molar-refractivity contribution in [1.82, 2.24) is 20.0 Å². The number of fused-ring (bicyclic) bond motifs is 2. The van der Waals surface area contributed by atoms with Crippen molar-refractivity contribution in [3.05, 3.63) is 11.3 Å². The van der Waals surface area contributed by atoms with Gasteiger partial charge in [0.25, 0.3) is 0 Å². The second-order valence-electron chi connectivity index (χ2n) is 7.09. The Morgan fingerprint density at radius 2 is 2.00 bits per heavy atom. The van der Waals surface area contributed by atoms with Crippen molar-refractivity contribution in [3.63, 3.8) is 0 Å². The summed E-state index contributed by atoms with van der Waals surface area (Å²) >= 11 is 0. The smallest absolute Gasteiger partial charge is 0.231 e. The van der Waals surface area contributed by atoms with Crippen molar-refractivity contribution in [2.24, 2.45) is 5.73 Å². The fourth-order valence-corrected chi connectivity index (χ4v) is 4.27. The lowest BCUT2D eigenvalue weighted by Crippen LogP contribution is -2.61. The number of carbonyl (C=O) groups excluding carboxylic acids is 1. The number of hydrogen-bond acceptors (Lipinski definition) is 6. The Balaban J connectivity index is 1.45. The highest BCUT2D eigenvalue weighted by Crippen LogP contribution is 2.41. The van der Waals surface area contributed by atoms with Crippen LogP contribution in [0.15, 0.2) is 11.3 Å². The van der Waals surface area contributed by atoms with E-state index in [0.29, 0.717) is 12.6 Å². The summed E-state index contributed by atoms with van der Waals surface area (Å²) < 4.78 is 5.88. The first-order valence-electron chi connectivity index (χ1n) is 8.74. The van der Waals surface area contributed by atoms with Gasteiger partial charge in [-0.3, -0.25) is 19.9 Å². The Morgan fingerprint density at radius 3 is 2.74 bits per heavy atom. The lowest BCUT2D eigenvalue weighted by atomic mass is 9.93. The number of primary amides is 1. The highest BCUT2D eigenvalue weighted by Gasteiger charge is 2.49. The third-order valence-corrected chi connectivity index (χ3v) is 5.55. The molecule has 0 bridgehead atoms. The third kappa shape index (κ3) is 2.98. The van der Waals surface area contributed by atoms with E-state index in [1.54, 1.807) is 0 Å². The molecule has 3 unspecified atom stereocenters. The monoisotopic (exact) mass is 321 g/mol. The minimum absolute atomic E-state index is 0.177. The van der Waals surface area contributed by atoms with E-state index in [1.807, 2.05) is 0 Å². The summed E-state index contributed by atoms with van der Waals surface area (Å²) in [7, 11) is 2.21. The number of nitrogens with two attached hydrogens (primary N) is 1. The maximum atomic E-state index is 11.1. The molecule has 0 radical (unpaired) electrons. The Bertz CT molecular complexity index is 515. The summed E-state index contributed by atoms with van der Waals surface area (Å²) in [6.45, 7) is 4.01. The van der Waals surface area contributed by atoms with Gasteiger partial charge in [0, 0.05) is 38.9 Å². The highest BCUT2D eigenvalue weighted by molar-refractivity contribution is 5.75. The molecule has 23 heavy (non-hydrogen) atoms. The number of rotatable bonds is 3. The topological polar surface area (TPSA) is 77.4 Å². The predicted octanol–water partition coefficient (Wildman–Crippen LogP) is -0.539. The fourth-order valence-electron chi connectivity index (χ4n) is 4.27. The van der Waals surface area contributed by atoms with E-state index in [-0.39, 0.29) is 18.4 Å². The van der Waals surface area contributed by atoms with Gasteiger partial charge in [-0.1, -0.05) is 0 Å². The van der Waals surface area contributed by atoms with Crippen molar-refractivity contribution < 1.29 is 9.53 Å². The Kier molecular flexibility index (Phi) is 4.05. The van der Waals surface area contributed by atoms with Gasteiger partial charge in [0.1, 0.15) is 18.6 Å². The van der Waals surface area contributed by atoms with E-state index >= 15 is 0 Å². The average Bonchev–Trinajstić information content (AvgIpc) is 3.32. The second-order valence-corrected chi connectivity index (χ2v) is 7.09. The number of hydrogen-bond donors (Lipinski definition) is 2. The summed E-state index contributed by atoms with van der Waals surface area (Å²) in [6.07, 6.45) is 5.58. The number of ether oxygens (including phenoxy) is 1. The van der Waals surface area contributed by atoms with Gasteiger partial charge in [-0.2, -0.15) is 0 Å². The molecule has 4 aliphatic rings. The van der Waals surface area contributed by atoms with Gasteiger partial charge in [0.2, 0.25) is 5.91 Å². The molecule has 7 heteroatoms. The maximum Gasteiger partial charge on any atom is 0.231 e. The fraction of sp³-hybridized carbons (Fsp3) is 0.812. The van der Waals surface area contributed by atoms with Crippen LogP contribution in [-0.4, -0.2) is 79.0 Å². The van der Waals surface area contributed by atoms with Crippen LogP contribution in [0, 0.1) is 0 Å². The molecule has 3 aliphatic heterocycles. The Hall–Kier alpha value is -1.15. The van der Waals surface area contributed by atoms with Crippen LogP contribution in [0.4, 0.5) is 0 Å². The molecule has 3 heterocycles. The SMILES string of the molecule is CN1C2=C(CCCC2)C2OC2NC1N1CCN(CC(N)=O)CC1. The Labute approximate surface area is 137 Å². The quantitative estimate of drug-likeness (QED) is 0.680. The molecular weight excluding hydrogens is 294 g/mol. The first-order valence-corrected chi connectivity index (χ1v) is 8.74. The summed E-state index contributed by atoms with van der Waals surface area (Å²) in [4.78, 5) is 18.1. The molecule has 1 amide bonds. The van der Waals surface area contributed by atoms with Crippen LogP contribution in [0.2, 0.25) is 0 Å². The van der Waals surface area contributed by atoms with Crippen molar-refractivity contribution in [1.29, 1.82) is 0 Å². The van der Waals surface area contributed by atoms with E-state index in [9.17, 15) is 4.79 Å². The maximum absolute atomic E-state index is 11.1. The number of nitrogens with one attached hydrogen (secondary N) is 1. The van der Waals surface area contributed by atoms with Crippen molar-refractivity contribution in [2.75, 3.05) is 39.8 Å². The van der Waals surface area contributed by atoms with Gasteiger partial charge in [0.15, 0.2) is 0 Å². The number of piperazine rings is 1. The van der Waals surface area contributed by atoms with Gasteiger partial charge >= 0.3 is 0 Å². The highest BCUT2D eigenvalue weighted by atomic mass is 16.6. The van der Waals surface area contributed by atoms with Crippen LogP contribution in [0.25, 0.3) is 0 Å². The molecule has 7 nitrogen and oxygen atoms in total. The van der Waals surface area contributed by atoms with Gasteiger partial charge in [-0.15, -0.1) is 0 Å². The molecule has 0 spiro atoms. The largest absolute Gasteiger partial charge is 0.369 e. The van der Waals surface area contributed by atoms with Crippen LogP contribution in [0.5, 0.6) is 0 Å². The molecule has 3 N–H and O–H groups in total. The van der Waals surface area contributed by atoms with Crippen molar-refractivity contribution >= 4 is 5.91 Å². The zero-order valence-electron chi connectivity index (χ0n) is 13.8. The number of carbonyl (C=O) groups is 1. The van der Waals surface area contributed by atoms with E-state index in [0.717, 1.165) is 32.6 Å². The third-order valence-electron chi connectivity index (χ3n) is 5.55. The molecule has 0 aromatic heterocycles. The van der Waals surface area contributed by atoms with Gasteiger partial charge in [-0.25, -0.2) is 0 Å². The van der Waals surface area contributed by atoms with Crippen LogP contribution >= 0.6 is 0 Å². The zero-order valence-corrected chi connectivity index (χ0v) is 13.8. The molecule has 0 saturated carbocycles. The first kappa shape index (κ1) is 15.4. The van der Waals surface area contributed by atoms with E-state index in [2.05, 4.69) is 27.1 Å². The minimum atomic E-state index is -0.241. The lowest BCUT2D eigenvalue weighted by molar-refractivity contribution is -0.119. The number of allylic oxidation sites excluding steroid dienone is 1. The van der Waals surface area contributed by atoms with Gasteiger partial charge < -0.3 is 15.4 Å². The van der Waals surface area contributed by atoms with Crippen LogP contribution in [-0.2, 0) is 9.53 Å². The normalized spacial score (nSPS) is 35.5. The molecule has 128 valence electrons. The average molecular weight is 321 g/mol. The minimum Gasteiger partial charge on any atom is -0.369 e. The summed E-state index contributed by atoms with van der Waals surface area (Å²) in [5.74, 6) is -0.241. The number of amides is 1. The summed E-state index contributed by atoms with van der Waals surface area (Å²) in [5, 5.41) is 3.66. The van der Waals surface area contributed by atoms with Gasteiger partial charge in [0.05, 0.1) is 6.54 Å². The molecule has 0 aromatic rings. The van der Waals surface area contributed by atoms with Crippen molar-refractivity contribution in [2.45, 2.75) is 44.3 Å². The summed E-state index contributed by atoms with van der Waals surface area (Å²) in [5.41, 5.74) is 8.31. The molecule has 3 atom stereocenters. The molecular formula is C16H27N5O2. The zero-order chi connectivity index (χ0) is 16.0. The van der Waals surface area contributed by atoms with E-state index < -0.39 is 0 Å². The Morgan fingerprint density at radius 1 is 1.26 bits per heavy atom. The second kappa shape index (κ2) is 6.05. The van der Waals surface area contributed by atoms with Crippen LogP contribution in [0.3, 0.4) is 0 Å². The van der Waals surface area contributed by atoms with E-state index in [4.69, 9.17) is 10.5 Å². The van der Waals surface area contributed by atoms with Crippen LogP contribution < -0.4 is 11.1 Å². The van der Waals surface area contributed by atoms with E-state index in [1.165, 1.54) is 30.5 Å². The standard InChI is InChI=1S/C16H27N5O2/c1-19-12-5-3-2-4-11(12)14-15(23-14)18-16(19)21-8-6-20(7-9-21)10-13(17)22/h14-16,18H,2-10H2,1H3,(H2,17,22).